The normalized spacial score (nSPS) is 18.8. The van der Waals surface area contributed by atoms with Crippen LogP contribution in [0.2, 0.25) is 0 Å². The van der Waals surface area contributed by atoms with E-state index in [-0.39, 0.29) is 84.8 Å². The molecule has 0 aromatic heterocycles. The maximum Gasteiger partial charge on any atom is 0.323 e. The Morgan fingerprint density at radius 3 is 1.30 bits per heavy atom. The highest BCUT2D eigenvalue weighted by molar-refractivity contribution is 5.77. The van der Waals surface area contributed by atoms with Crippen LogP contribution in [-0.2, 0) is 28.7 Å². The van der Waals surface area contributed by atoms with E-state index in [2.05, 4.69) is 0 Å². The first-order valence-electron chi connectivity index (χ1n) is 12.2. The summed E-state index contributed by atoms with van der Waals surface area (Å²) >= 11 is 0. The second-order valence-electron chi connectivity index (χ2n) is 10.0. The van der Waals surface area contributed by atoms with Crippen LogP contribution in [0.1, 0.15) is 33.6 Å². The van der Waals surface area contributed by atoms with Gasteiger partial charge in [0.05, 0.1) is 19.6 Å². The molecule has 1 aliphatic heterocycles. The number of carbonyl (C=O) groups excluding carboxylic acids is 1. The Balaban J connectivity index is 3.26. The van der Waals surface area contributed by atoms with Crippen LogP contribution in [0.25, 0.3) is 0 Å². The summed E-state index contributed by atoms with van der Waals surface area (Å²) in [5.74, 6) is -4.87. The Kier molecular flexibility index (Phi) is 13.4. The standard InChI is InChI=1S/C23H40N4O10/c1-23(2,3)37-22(36)17(4-5-18(28)29)27-12-10-25(15-20(32)33)8-6-24(14-19(30)31)7-9-26(11-13-27)16-21(34)35/h17H,4-16H2,1-3H3,(H,28,29)(H,30,31)(H,32,33)(H,34,35)/t17-/m1/s1. The van der Waals surface area contributed by atoms with Gasteiger partial charge in [0.15, 0.2) is 0 Å². The number of carboxylic acids is 4. The zero-order valence-electron chi connectivity index (χ0n) is 21.8. The lowest BCUT2D eigenvalue weighted by atomic mass is 10.1. The second-order valence-corrected chi connectivity index (χ2v) is 10.0. The fourth-order valence-corrected chi connectivity index (χ4v) is 3.99. The third-order valence-corrected chi connectivity index (χ3v) is 5.70. The number of esters is 1. The Morgan fingerprint density at radius 2 is 1.00 bits per heavy atom. The summed E-state index contributed by atoms with van der Waals surface area (Å²) in [4.78, 5) is 65.2. The van der Waals surface area contributed by atoms with Crippen molar-refractivity contribution in [1.82, 2.24) is 19.6 Å². The van der Waals surface area contributed by atoms with Gasteiger partial charge in [0.1, 0.15) is 11.6 Å². The molecule has 1 saturated heterocycles. The fourth-order valence-electron chi connectivity index (χ4n) is 3.99. The second kappa shape index (κ2) is 15.4. The van der Waals surface area contributed by atoms with Crippen molar-refractivity contribution in [1.29, 1.82) is 0 Å². The van der Waals surface area contributed by atoms with E-state index < -0.39 is 41.5 Å². The number of nitrogens with zero attached hydrogens (tertiary/aromatic N) is 4. The molecule has 1 fully saturated rings. The molecule has 1 rings (SSSR count). The summed E-state index contributed by atoms with van der Waals surface area (Å²) in [6.45, 7) is 5.97. The SMILES string of the molecule is CC(C)(C)OC(=O)[C@@H](CCC(=O)O)N1CCN(CC(=O)O)CCN(CC(=O)O)CCN(CC(=O)O)CC1. The molecule has 0 aliphatic carbocycles. The molecule has 0 aromatic carbocycles. The molecule has 0 bridgehead atoms. The van der Waals surface area contributed by atoms with E-state index in [0.717, 1.165) is 0 Å². The Bertz CT molecular complexity index is 769. The molecule has 0 spiro atoms. The third kappa shape index (κ3) is 14.5. The van der Waals surface area contributed by atoms with E-state index in [4.69, 9.17) is 4.74 Å². The predicted octanol–water partition coefficient (Wildman–Crippen LogP) is -0.963. The molecule has 0 amide bonds. The molecule has 37 heavy (non-hydrogen) atoms. The third-order valence-electron chi connectivity index (χ3n) is 5.70. The van der Waals surface area contributed by atoms with E-state index in [0.29, 0.717) is 0 Å². The van der Waals surface area contributed by atoms with Crippen LogP contribution in [0, 0.1) is 0 Å². The first kappa shape index (κ1) is 32.2. The van der Waals surface area contributed by atoms with E-state index in [1.54, 1.807) is 40.4 Å². The van der Waals surface area contributed by atoms with E-state index in [1.165, 1.54) is 0 Å². The molecular formula is C23H40N4O10. The molecular weight excluding hydrogens is 492 g/mol. The van der Waals surface area contributed by atoms with Gasteiger partial charge >= 0.3 is 29.8 Å². The van der Waals surface area contributed by atoms with Crippen LogP contribution in [0.5, 0.6) is 0 Å². The van der Waals surface area contributed by atoms with Crippen molar-refractivity contribution in [3.63, 3.8) is 0 Å². The lowest BCUT2D eigenvalue weighted by Crippen LogP contribution is -2.52. The number of ether oxygens (including phenoxy) is 1. The van der Waals surface area contributed by atoms with Crippen LogP contribution >= 0.6 is 0 Å². The molecule has 0 radical (unpaired) electrons. The maximum atomic E-state index is 13.1. The van der Waals surface area contributed by atoms with Crippen molar-refractivity contribution in [2.24, 2.45) is 0 Å². The highest BCUT2D eigenvalue weighted by atomic mass is 16.6. The molecule has 0 unspecified atom stereocenters. The number of carbonyl (C=O) groups is 5. The van der Waals surface area contributed by atoms with Gasteiger partial charge in [0.2, 0.25) is 0 Å². The van der Waals surface area contributed by atoms with Crippen molar-refractivity contribution in [2.45, 2.75) is 45.3 Å². The summed E-state index contributed by atoms with van der Waals surface area (Å²) in [6.07, 6.45) is -0.323. The van der Waals surface area contributed by atoms with Crippen molar-refractivity contribution < 1.29 is 49.1 Å². The average molecular weight is 533 g/mol. The maximum absolute atomic E-state index is 13.1. The summed E-state index contributed by atoms with van der Waals surface area (Å²) < 4.78 is 5.54. The molecule has 0 saturated carbocycles. The van der Waals surface area contributed by atoms with Crippen molar-refractivity contribution >= 4 is 29.8 Å². The zero-order chi connectivity index (χ0) is 28.2. The largest absolute Gasteiger partial charge is 0.481 e. The van der Waals surface area contributed by atoms with Gasteiger partial charge in [-0.1, -0.05) is 0 Å². The molecule has 1 heterocycles. The monoisotopic (exact) mass is 532 g/mol. The van der Waals surface area contributed by atoms with Crippen LogP contribution in [0.3, 0.4) is 0 Å². The first-order chi connectivity index (χ1) is 17.2. The summed E-state index contributed by atoms with van der Waals surface area (Å²) in [6, 6.07) is -0.930. The lowest BCUT2D eigenvalue weighted by Gasteiger charge is -2.36. The van der Waals surface area contributed by atoms with Gasteiger partial charge < -0.3 is 25.2 Å². The Morgan fingerprint density at radius 1 is 0.649 bits per heavy atom. The van der Waals surface area contributed by atoms with Gasteiger partial charge in [-0.25, -0.2) is 0 Å². The van der Waals surface area contributed by atoms with Gasteiger partial charge in [-0.05, 0) is 27.2 Å². The van der Waals surface area contributed by atoms with Crippen LogP contribution < -0.4 is 0 Å². The van der Waals surface area contributed by atoms with Crippen molar-refractivity contribution in [3.05, 3.63) is 0 Å². The average Bonchev–Trinajstić information content (AvgIpc) is 2.72. The predicted molar refractivity (Wildman–Crippen MR) is 130 cm³/mol. The van der Waals surface area contributed by atoms with Crippen LogP contribution in [0.4, 0.5) is 0 Å². The highest BCUT2D eigenvalue weighted by Gasteiger charge is 2.32. The molecule has 0 aromatic rings. The minimum atomic E-state index is -1.08. The number of carboxylic acid groups (broad SMARTS) is 4. The smallest absolute Gasteiger partial charge is 0.323 e. The number of hydrogen-bond donors (Lipinski definition) is 4. The van der Waals surface area contributed by atoms with E-state index >= 15 is 0 Å². The zero-order valence-corrected chi connectivity index (χ0v) is 21.8. The van der Waals surface area contributed by atoms with Crippen LogP contribution in [-0.4, -0.2) is 154 Å². The highest BCUT2D eigenvalue weighted by Crippen LogP contribution is 2.16. The van der Waals surface area contributed by atoms with E-state index in [9.17, 15) is 44.4 Å². The number of rotatable bonds is 11. The van der Waals surface area contributed by atoms with Gasteiger partial charge in [0.25, 0.3) is 0 Å². The molecule has 212 valence electrons. The number of hydrogen-bond acceptors (Lipinski definition) is 10. The molecule has 14 heteroatoms. The summed E-state index contributed by atoms with van der Waals surface area (Å²) in [7, 11) is 0. The Labute approximate surface area is 216 Å². The molecule has 4 N–H and O–H groups in total. The minimum Gasteiger partial charge on any atom is -0.481 e. The van der Waals surface area contributed by atoms with E-state index in [1.807, 2.05) is 0 Å². The van der Waals surface area contributed by atoms with Crippen LogP contribution in [0.15, 0.2) is 0 Å². The van der Waals surface area contributed by atoms with Gasteiger partial charge in [-0.3, -0.25) is 43.6 Å². The minimum absolute atomic E-state index is 0.0332. The Hall–Kier alpha value is -2.81. The molecule has 14 nitrogen and oxygen atoms in total. The summed E-state index contributed by atoms with van der Waals surface area (Å²) in [5, 5.41) is 37.2. The van der Waals surface area contributed by atoms with Crippen molar-refractivity contribution in [3.8, 4) is 0 Å². The van der Waals surface area contributed by atoms with Crippen molar-refractivity contribution in [2.75, 3.05) is 72.0 Å². The van der Waals surface area contributed by atoms with Gasteiger partial charge in [0, 0.05) is 58.8 Å². The summed E-state index contributed by atoms with van der Waals surface area (Å²) in [5.41, 5.74) is -0.816. The molecule has 1 atom stereocenters. The quantitative estimate of drug-likeness (QED) is 0.238. The first-order valence-corrected chi connectivity index (χ1v) is 12.2. The van der Waals surface area contributed by atoms with Gasteiger partial charge in [-0.2, -0.15) is 0 Å². The topological polar surface area (TPSA) is 188 Å². The van der Waals surface area contributed by atoms with Gasteiger partial charge in [-0.15, -0.1) is 0 Å². The lowest BCUT2D eigenvalue weighted by molar-refractivity contribution is -0.162. The fraction of sp³-hybridized carbons (Fsp3) is 0.783. The molecule has 1 aliphatic rings. The number of aliphatic carboxylic acids is 4.